The molecular formula is C20H25NO2. The fraction of sp³-hybridized carbons (Fsp3) is 0.500. The third kappa shape index (κ3) is 3.72. The highest BCUT2D eigenvalue weighted by atomic mass is 16.5. The molecule has 1 aromatic carbocycles. The number of ether oxygens (including phenoxy) is 1. The van der Waals surface area contributed by atoms with Crippen LogP contribution in [0.15, 0.2) is 30.3 Å². The summed E-state index contributed by atoms with van der Waals surface area (Å²) >= 11 is 0. The molecule has 0 atom stereocenters. The Morgan fingerprint density at radius 3 is 2.48 bits per heavy atom. The van der Waals surface area contributed by atoms with Gasteiger partial charge in [-0.25, -0.2) is 4.98 Å². The molecule has 0 N–H and O–H groups in total. The van der Waals surface area contributed by atoms with Crippen LogP contribution in [0, 0.1) is 11.3 Å². The van der Waals surface area contributed by atoms with Gasteiger partial charge in [-0.15, -0.1) is 0 Å². The number of hydrogen-bond donors (Lipinski definition) is 0. The fourth-order valence-corrected chi connectivity index (χ4v) is 3.50. The van der Waals surface area contributed by atoms with E-state index in [1.54, 1.807) is 6.07 Å². The van der Waals surface area contributed by atoms with E-state index in [9.17, 15) is 4.79 Å². The number of carbonyl (C=O) groups is 1. The summed E-state index contributed by atoms with van der Waals surface area (Å²) < 4.78 is 6.18. The molecule has 23 heavy (non-hydrogen) atoms. The Balaban J connectivity index is 1.67. The van der Waals surface area contributed by atoms with Crippen molar-refractivity contribution in [3.05, 3.63) is 36.0 Å². The second-order valence-corrected chi connectivity index (χ2v) is 7.67. The first kappa shape index (κ1) is 16.0. The number of nitrogens with zero attached hydrogens (tertiary/aromatic N) is 1. The molecule has 0 spiro atoms. The molecule has 0 radical (unpaired) electrons. The summed E-state index contributed by atoms with van der Waals surface area (Å²) in [4.78, 5) is 15.1. The number of pyridine rings is 1. The molecule has 3 nitrogen and oxygen atoms in total. The maximum atomic E-state index is 10.8. The zero-order valence-electron chi connectivity index (χ0n) is 14.2. The van der Waals surface area contributed by atoms with E-state index in [2.05, 4.69) is 25.8 Å². The van der Waals surface area contributed by atoms with E-state index in [1.165, 1.54) is 12.8 Å². The second-order valence-electron chi connectivity index (χ2n) is 7.67. The van der Waals surface area contributed by atoms with Gasteiger partial charge in [0.25, 0.3) is 0 Å². The molecular weight excluding hydrogens is 286 g/mol. The van der Waals surface area contributed by atoms with Crippen molar-refractivity contribution in [2.75, 3.05) is 0 Å². The highest BCUT2D eigenvalue weighted by molar-refractivity contribution is 5.84. The van der Waals surface area contributed by atoms with Gasteiger partial charge in [-0.3, -0.25) is 4.79 Å². The van der Waals surface area contributed by atoms with Gasteiger partial charge in [-0.2, -0.15) is 0 Å². The molecule has 1 aromatic heterocycles. The first-order valence-corrected chi connectivity index (χ1v) is 8.48. The van der Waals surface area contributed by atoms with Gasteiger partial charge in [0.05, 0.1) is 11.6 Å². The van der Waals surface area contributed by atoms with Gasteiger partial charge in [-0.1, -0.05) is 26.8 Å². The Labute approximate surface area is 138 Å². The highest BCUT2D eigenvalue weighted by Crippen LogP contribution is 2.38. The van der Waals surface area contributed by atoms with Gasteiger partial charge < -0.3 is 4.74 Å². The van der Waals surface area contributed by atoms with Gasteiger partial charge in [0.2, 0.25) is 0 Å². The van der Waals surface area contributed by atoms with E-state index < -0.39 is 0 Å². The van der Waals surface area contributed by atoms with Crippen LogP contribution >= 0.6 is 0 Å². The monoisotopic (exact) mass is 311 g/mol. The highest BCUT2D eigenvalue weighted by Gasteiger charge is 2.30. The lowest BCUT2D eigenvalue weighted by molar-refractivity contribution is 0.0883. The molecule has 1 fully saturated rings. The molecule has 0 bridgehead atoms. The van der Waals surface area contributed by atoms with Crippen molar-refractivity contribution in [3.8, 4) is 5.75 Å². The van der Waals surface area contributed by atoms with E-state index in [4.69, 9.17) is 4.74 Å². The molecule has 0 amide bonds. The molecule has 1 aliphatic carbocycles. The van der Waals surface area contributed by atoms with Gasteiger partial charge in [0.15, 0.2) is 6.29 Å². The molecule has 122 valence electrons. The van der Waals surface area contributed by atoms with Crippen LogP contribution in [0.1, 0.15) is 56.9 Å². The average Bonchev–Trinajstić information content (AvgIpc) is 2.54. The van der Waals surface area contributed by atoms with Gasteiger partial charge >= 0.3 is 0 Å². The van der Waals surface area contributed by atoms with Crippen molar-refractivity contribution in [3.63, 3.8) is 0 Å². The Kier molecular flexibility index (Phi) is 4.38. The first-order valence-electron chi connectivity index (χ1n) is 8.48. The number of aldehydes is 1. The Bertz CT molecular complexity index is 694. The molecule has 0 unspecified atom stereocenters. The predicted molar refractivity (Wildman–Crippen MR) is 93.0 cm³/mol. The van der Waals surface area contributed by atoms with Crippen molar-refractivity contribution in [2.24, 2.45) is 11.3 Å². The van der Waals surface area contributed by atoms with Crippen LogP contribution in [0.2, 0.25) is 0 Å². The summed E-state index contributed by atoms with van der Waals surface area (Å²) in [5.41, 5.74) is 1.70. The summed E-state index contributed by atoms with van der Waals surface area (Å²) in [7, 11) is 0. The summed E-state index contributed by atoms with van der Waals surface area (Å²) in [6, 6.07) is 9.58. The number of aromatic nitrogens is 1. The zero-order chi connectivity index (χ0) is 16.4. The van der Waals surface area contributed by atoms with E-state index in [0.29, 0.717) is 17.2 Å². The van der Waals surface area contributed by atoms with Crippen molar-refractivity contribution in [1.29, 1.82) is 0 Å². The molecule has 3 rings (SSSR count). The van der Waals surface area contributed by atoms with Crippen LogP contribution in [0.3, 0.4) is 0 Å². The lowest BCUT2D eigenvalue weighted by Crippen LogP contribution is -2.30. The van der Waals surface area contributed by atoms with Crippen LogP contribution in [-0.2, 0) is 0 Å². The van der Waals surface area contributed by atoms with Crippen LogP contribution in [0.4, 0.5) is 0 Å². The molecule has 0 aliphatic heterocycles. The van der Waals surface area contributed by atoms with E-state index >= 15 is 0 Å². The Morgan fingerprint density at radius 2 is 1.83 bits per heavy atom. The number of fused-ring (bicyclic) bond motifs is 1. The van der Waals surface area contributed by atoms with E-state index in [0.717, 1.165) is 41.7 Å². The van der Waals surface area contributed by atoms with Crippen molar-refractivity contribution < 1.29 is 9.53 Å². The standard InChI is InChI=1S/C20H25NO2/c1-20(2,3)15-5-8-17(9-6-15)23-18-10-11-19-14(12-18)4-7-16(13-22)21-19/h4,7,10-13,15,17H,5-6,8-9H2,1-3H3. The summed E-state index contributed by atoms with van der Waals surface area (Å²) in [5, 5.41) is 1.01. The van der Waals surface area contributed by atoms with Crippen LogP contribution < -0.4 is 4.74 Å². The van der Waals surface area contributed by atoms with Crippen molar-refractivity contribution in [1.82, 2.24) is 4.98 Å². The second kappa shape index (κ2) is 6.31. The van der Waals surface area contributed by atoms with E-state index in [-0.39, 0.29) is 0 Å². The molecule has 1 heterocycles. The number of rotatable bonds is 3. The SMILES string of the molecule is CC(C)(C)C1CCC(Oc2ccc3nc(C=O)ccc3c2)CC1. The topological polar surface area (TPSA) is 39.2 Å². The van der Waals surface area contributed by atoms with Crippen LogP contribution in [0.5, 0.6) is 5.75 Å². The Morgan fingerprint density at radius 1 is 1.09 bits per heavy atom. The van der Waals surface area contributed by atoms with Crippen molar-refractivity contribution >= 4 is 17.2 Å². The van der Waals surface area contributed by atoms with Gasteiger partial charge in [-0.05, 0) is 61.3 Å². The maximum Gasteiger partial charge on any atom is 0.168 e. The maximum absolute atomic E-state index is 10.8. The number of hydrogen-bond acceptors (Lipinski definition) is 3. The summed E-state index contributed by atoms with van der Waals surface area (Å²) in [5.74, 6) is 1.70. The number of benzene rings is 1. The zero-order valence-corrected chi connectivity index (χ0v) is 14.2. The normalized spacial score (nSPS) is 22.0. The molecule has 3 heteroatoms. The fourth-order valence-electron chi connectivity index (χ4n) is 3.50. The largest absolute Gasteiger partial charge is 0.490 e. The number of carbonyl (C=O) groups excluding carboxylic acids is 1. The van der Waals surface area contributed by atoms with E-state index in [1.807, 2.05) is 24.3 Å². The third-order valence-corrected chi connectivity index (χ3v) is 5.00. The quantitative estimate of drug-likeness (QED) is 0.746. The molecule has 1 saturated carbocycles. The minimum absolute atomic E-state index is 0.313. The first-order chi connectivity index (χ1) is 11.0. The average molecular weight is 311 g/mol. The smallest absolute Gasteiger partial charge is 0.168 e. The minimum Gasteiger partial charge on any atom is -0.490 e. The van der Waals surface area contributed by atoms with Crippen LogP contribution in [0.25, 0.3) is 10.9 Å². The molecule has 0 saturated heterocycles. The van der Waals surface area contributed by atoms with Gasteiger partial charge in [0.1, 0.15) is 11.4 Å². The van der Waals surface area contributed by atoms with Gasteiger partial charge in [0, 0.05) is 5.39 Å². The lowest BCUT2D eigenvalue weighted by atomic mass is 9.72. The summed E-state index contributed by atoms with van der Waals surface area (Å²) in [6.07, 6.45) is 5.83. The summed E-state index contributed by atoms with van der Waals surface area (Å²) in [6.45, 7) is 7.01. The van der Waals surface area contributed by atoms with Crippen LogP contribution in [-0.4, -0.2) is 17.4 Å². The van der Waals surface area contributed by atoms with Crippen molar-refractivity contribution in [2.45, 2.75) is 52.6 Å². The predicted octanol–water partition coefficient (Wildman–Crippen LogP) is 5.03. The third-order valence-electron chi connectivity index (χ3n) is 5.00. The molecule has 1 aliphatic rings. The Hall–Kier alpha value is -1.90. The molecule has 2 aromatic rings. The minimum atomic E-state index is 0.313. The lowest BCUT2D eigenvalue weighted by Gasteiger charge is -2.36.